The van der Waals surface area contributed by atoms with Crippen LogP contribution in [-0.4, -0.2) is 12.4 Å². The molecule has 0 aliphatic carbocycles. The van der Waals surface area contributed by atoms with Gasteiger partial charge in [0, 0.05) is 4.47 Å². The van der Waals surface area contributed by atoms with Gasteiger partial charge < -0.3 is 4.74 Å². The normalized spacial score (nSPS) is 11.4. The Morgan fingerprint density at radius 1 is 1.44 bits per heavy atom. The Bertz CT molecular complexity index is 431. The van der Waals surface area contributed by atoms with Gasteiger partial charge in [0.25, 0.3) is 5.24 Å². The lowest BCUT2D eigenvalue weighted by Crippen LogP contribution is -2.13. The first-order chi connectivity index (χ1) is 7.29. The first kappa shape index (κ1) is 13.3. The SMILES string of the molecule is COc1ccc(Br)c(C(F)(F)F)c1C(=O)Cl. The zero-order chi connectivity index (χ0) is 12.5. The summed E-state index contributed by atoms with van der Waals surface area (Å²) in [7, 11) is 1.16. The third-order valence-electron chi connectivity index (χ3n) is 1.82. The van der Waals surface area contributed by atoms with Crippen LogP contribution in [0.4, 0.5) is 13.2 Å². The standard InChI is InChI=1S/C9H5BrClF3O2/c1-16-5-3-2-4(10)7(9(12,13)14)6(5)8(11)15/h2-3H,1H3. The topological polar surface area (TPSA) is 26.3 Å². The summed E-state index contributed by atoms with van der Waals surface area (Å²) in [6.45, 7) is 0. The van der Waals surface area contributed by atoms with Gasteiger partial charge in [-0.05, 0) is 23.7 Å². The number of benzene rings is 1. The Morgan fingerprint density at radius 3 is 2.38 bits per heavy atom. The fraction of sp³-hybridized carbons (Fsp3) is 0.222. The minimum Gasteiger partial charge on any atom is -0.496 e. The highest BCUT2D eigenvalue weighted by molar-refractivity contribution is 9.10. The lowest BCUT2D eigenvalue weighted by atomic mass is 10.1. The molecule has 1 rings (SSSR count). The zero-order valence-corrected chi connectivity index (χ0v) is 10.2. The van der Waals surface area contributed by atoms with Crippen molar-refractivity contribution in [2.24, 2.45) is 0 Å². The molecular formula is C9H5BrClF3O2. The van der Waals surface area contributed by atoms with Crippen molar-refractivity contribution < 1.29 is 22.7 Å². The van der Waals surface area contributed by atoms with E-state index < -0.39 is 22.5 Å². The molecule has 0 N–H and O–H groups in total. The summed E-state index contributed by atoms with van der Waals surface area (Å²) in [5, 5.41) is -1.22. The molecule has 2 nitrogen and oxygen atoms in total. The van der Waals surface area contributed by atoms with Crippen molar-refractivity contribution in [3.8, 4) is 5.75 Å². The van der Waals surface area contributed by atoms with Crippen LogP contribution in [0.3, 0.4) is 0 Å². The summed E-state index contributed by atoms with van der Waals surface area (Å²) in [5.74, 6) is -0.212. The number of alkyl halides is 3. The van der Waals surface area contributed by atoms with Gasteiger partial charge in [0.15, 0.2) is 0 Å². The quantitative estimate of drug-likeness (QED) is 0.774. The van der Waals surface area contributed by atoms with Gasteiger partial charge in [-0.1, -0.05) is 15.9 Å². The van der Waals surface area contributed by atoms with Crippen LogP contribution >= 0.6 is 27.5 Å². The number of methoxy groups -OCH3 is 1. The minimum atomic E-state index is -4.69. The molecule has 0 saturated carbocycles. The van der Waals surface area contributed by atoms with Gasteiger partial charge in [-0.25, -0.2) is 0 Å². The number of hydrogen-bond acceptors (Lipinski definition) is 2. The van der Waals surface area contributed by atoms with Crippen molar-refractivity contribution in [3.63, 3.8) is 0 Å². The zero-order valence-electron chi connectivity index (χ0n) is 7.86. The second-order valence-corrected chi connectivity index (χ2v) is 3.97. The molecule has 0 spiro atoms. The predicted molar refractivity (Wildman–Crippen MR) is 55.9 cm³/mol. The average molecular weight is 317 g/mol. The first-order valence-electron chi connectivity index (χ1n) is 3.92. The maximum absolute atomic E-state index is 12.7. The van der Waals surface area contributed by atoms with E-state index >= 15 is 0 Å². The van der Waals surface area contributed by atoms with Crippen LogP contribution in [-0.2, 0) is 6.18 Å². The van der Waals surface area contributed by atoms with E-state index in [1.807, 2.05) is 0 Å². The highest BCUT2D eigenvalue weighted by atomic mass is 79.9. The van der Waals surface area contributed by atoms with Crippen LogP contribution in [0, 0.1) is 0 Å². The number of carbonyl (C=O) groups excluding carboxylic acids is 1. The highest BCUT2D eigenvalue weighted by Crippen LogP contribution is 2.41. The van der Waals surface area contributed by atoms with E-state index in [1.54, 1.807) is 0 Å². The summed E-state index contributed by atoms with van der Waals surface area (Å²) in [5.41, 5.74) is -1.82. The molecule has 7 heteroatoms. The van der Waals surface area contributed by atoms with Crippen LogP contribution < -0.4 is 4.74 Å². The largest absolute Gasteiger partial charge is 0.496 e. The van der Waals surface area contributed by atoms with E-state index in [2.05, 4.69) is 20.7 Å². The Balaban J connectivity index is 3.62. The molecule has 0 atom stereocenters. The van der Waals surface area contributed by atoms with Crippen molar-refractivity contribution in [1.29, 1.82) is 0 Å². The second kappa shape index (κ2) is 4.63. The molecule has 1 aromatic rings. The van der Waals surface area contributed by atoms with Gasteiger partial charge >= 0.3 is 6.18 Å². The van der Waals surface area contributed by atoms with Gasteiger partial charge in [-0.3, -0.25) is 4.79 Å². The van der Waals surface area contributed by atoms with Crippen molar-refractivity contribution in [1.82, 2.24) is 0 Å². The predicted octanol–water partition coefficient (Wildman–Crippen LogP) is 3.86. The lowest BCUT2D eigenvalue weighted by Gasteiger charge is -2.15. The Hall–Kier alpha value is -0.750. The number of hydrogen-bond donors (Lipinski definition) is 0. The molecule has 0 aliphatic heterocycles. The fourth-order valence-electron chi connectivity index (χ4n) is 1.20. The number of halogens is 5. The molecule has 0 aliphatic rings. The average Bonchev–Trinajstić information content (AvgIpc) is 2.15. The van der Waals surface area contributed by atoms with Crippen molar-refractivity contribution >= 4 is 32.8 Å². The summed E-state index contributed by atoms with van der Waals surface area (Å²) in [6, 6.07) is 2.37. The molecule has 0 heterocycles. The summed E-state index contributed by atoms with van der Waals surface area (Å²) >= 11 is 7.86. The van der Waals surface area contributed by atoms with Gasteiger partial charge in [-0.2, -0.15) is 13.2 Å². The molecule has 0 bridgehead atoms. The van der Waals surface area contributed by atoms with Gasteiger partial charge in [0.1, 0.15) is 5.75 Å². The molecule has 0 fully saturated rings. The molecule has 0 radical (unpaired) electrons. The Morgan fingerprint density at radius 2 is 2.00 bits per heavy atom. The minimum absolute atomic E-state index is 0.212. The Kier molecular flexibility index (Phi) is 3.85. The fourth-order valence-corrected chi connectivity index (χ4v) is 1.94. The smallest absolute Gasteiger partial charge is 0.418 e. The van der Waals surface area contributed by atoms with Crippen molar-refractivity contribution in [2.75, 3.05) is 7.11 Å². The van der Waals surface area contributed by atoms with E-state index in [0.29, 0.717) is 0 Å². The third kappa shape index (κ3) is 2.49. The summed E-state index contributed by atoms with van der Waals surface area (Å²) < 4.78 is 42.5. The maximum atomic E-state index is 12.7. The van der Waals surface area contributed by atoms with Gasteiger partial charge in [0.05, 0.1) is 18.2 Å². The molecule has 88 valence electrons. The molecule has 16 heavy (non-hydrogen) atoms. The van der Waals surface area contributed by atoms with Crippen LogP contribution in [0.25, 0.3) is 0 Å². The lowest BCUT2D eigenvalue weighted by molar-refractivity contribution is -0.138. The molecule has 0 aromatic heterocycles. The van der Waals surface area contributed by atoms with Crippen LogP contribution in [0.2, 0.25) is 0 Å². The van der Waals surface area contributed by atoms with Crippen molar-refractivity contribution in [3.05, 3.63) is 27.7 Å². The molecule has 0 saturated heterocycles. The maximum Gasteiger partial charge on any atom is 0.418 e. The first-order valence-corrected chi connectivity index (χ1v) is 5.09. The number of carbonyl (C=O) groups is 1. The van der Waals surface area contributed by atoms with E-state index in [4.69, 9.17) is 11.6 Å². The molecule has 0 unspecified atom stereocenters. The van der Waals surface area contributed by atoms with Crippen LogP contribution in [0.1, 0.15) is 15.9 Å². The van der Waals surface area contributed by atoms with Gasteiger partial charge in [-0.15, -0.1) is 0 Å². The number of rotatable bonds is 2. The highest BCUT2D eigenvalue weighted by Gasteiger charge is 2.39. The third-order valence-corrected chi connectivity index (χ3v) is 2.67. The van der Waals surface area contributed by atoms with E-state index in [0.717, 1.165) is 13.2 Å². The van der Waals surface area contributed by atoms with E-state index in [9.17, 15) is 18.0 Å². The summed E-state index contributed by atoms with van der Waals surface area (Å²) in [6.07, 6.45) is -4.69. The number of ether oxygens (including phenoxy) is 1. The van der Waals surface area contributed by atoms with E-state index in [-0.39, 0.29) is 10.2 Å². The van der Waals surface area contributed by atoms with Crippen LogP contribution in [0.5, 0.6) is 5.75 Å². The summed E-state index contributed by atoms with van der Waals surface area (Å²) in [4.78, 5) is 11.0. The molecule has 1 aromatic carbocycles. The van der Waals surface area contributed by atoms with Gasteiger partial charge in [0.2, 0.25) is 0 Å². The Labute approximate surface area is 102 Å². The van der Waals surface area contributed by atoms with Crippen molar-refractivity contribution in [2.45, 2.75) is 6.18 Å². The van der Waals surface area contributed by atoms with Crippen LogP contribution in [0.15, 0.2) is 16.6 Å². The van der Waals surface area contributed by atoms with E-state index in [1.165, 1.54) is 6.07 Å². The molecule has 0 amide bonds. The monoisotopic (exact) mass is 316 g/mol. The molecular weight excluding hydrogens is 312 g/mol. The second-order valence-electron chi connectivity index (χ2n) is 2.77.